The van der Waals surface area contributed by atoms with Crippen LogP contribution in [0, 0.1) is 5.82 Å². The van der Waals surface area contributed by atoms with E-state index in [1.165, 1.54) is 25.3 Å². The molecule has 1 saturated heterocycles. The molecule has 216 valence electrons. The summed E-state index contributed by atoms with van der Waals surface area (Å²) in [4.78, 5) is 22.3. The second kappa shape index (κ2) is 11.2. The lowest BCUT2D eigenvalue weighted by Crippen LogP contribution is -2.55. The Bertz CT molecular complexity index is 1470. The first kappa shape index (κ1) is 28.1. The van der Waals surface area contributed by atoms with Crippen molar-refractivity contribution in [1.82, 2.24) is 4.90 Å². The summed E-state index contributed by atoms with van der Waals surface area (Å²) in [5.74, 6) is -0.949. The minimum absolute atomic E-state index is 0.00565. The van der Waals surface area contributed by atoms with E-state index in [4.69, 9.17) is 9.47 Å². The fourth-order valence-electron chi connectivity index (χ4n) is 5.24. The highest BCUT2D eigenvalue weighted by molar-refractivity contribution is 6.02. The Morgan fingerprint density at radius 1 is 0.976 bits per heavy atom. The summed E-state index contributed by atoms with van der Waals surface area (Å²) in [6, 6.07) is 14.0. The van der Waals surface area contributed by atoms with Gasteiger partial charge in [-0.3, -0.25) is 4.79 Å². The van der Waals surface area contributed by atoms with Crippen molar-refractivity contribution < 1.29 is 36.9 Å². The molecule has 2 aliphatic heterocycles. The van der Waals surface area contributed by atoms with Crippen LogP contribution in [0.5, 0.6) is 11.5 Å². The zero-order valence-corrected chi connectivity index (χ0v) is 22.4. The van der Waals surface area contributed by atoms with E-state index < -0.39 is 36.0 Å². The Morgan fingerprint density at radius 3 is 2.34 bits per heavy atom. The molecule has 3 aromatic rings. The molecule has 1 fully saturated rings. The van der Waals surface area contributed by atoms with Crippen LogP contribution in [0.25, 0.3) is 0 Å². The molecule has 2 heterocycles. The topological polar surface area (TPSA) is 77.8 Å². The largest absolute Gasteiger partial charge is 0.497 e. The van der Waals surface area contributed by atoms with Crippen LogP contribution in [0.3, 0.4) is 0 Å². The third-order valence-electron chi connectivity index (χ3n) is 7.23. The SMILES string of the molecule is COc1cccc(N2CCN(C3=Nc4c(F)cccc4C(CC(=O)O)N3c3ccc(C(F)(F)F)cc3OC)CC2)c1. The summed E-state index contributed by atoms with van der Waals surface area (Å²) in [5, 5.41) is 9.83. The van der Waals surface area contributed by atoms with E-state index in [9.17, 15) is 23.1 Å². The van der Waals surface area contributed by atoms with Crippen molar-refractivity contribution in [3.05, 3.63) is 77.6 Å². The fourth-order valence-corrected chi connectivity index (χ4v) is 5.24. The summed E-state index contributed by atoms with van der Waals surface area (Å²) >= 11 is 0. The molecule has 0 aliphatic carbocycles. The summed E-state index contributed by atoms with van der Waals surface area (Å²) in [6.45, 7) is 1.97. The van der Waals surface area contributed by atoms with E-state index in [1.807, 2.05) is 29.2 Å². The van der Waals surface area contributed by atoms with Gasteiger partial charge in [-0.05, 0) is 36.4 Å². The molecule has 0 amide bonds. The number of benzene rings is 3. The number of alkyl halides is 3. The summed E-state index contributed by atoms with van der Waals surface area (Å²) in [7, 11) is 2.83. The number of aliphatic imine (C=N–C) groups is 1. The molecular formula is C29H28F4N4O4. The number of hydrogen-bond donors (Lipinski definition) is 1. The number of nitrogens with zero attached hydrogens (tertiary/aromatic N) is 4. The van der Waals surface area contributed by atoms with E-state index in [0.717, 1.165) is 17.8 Å². The number of guanidine groups is 1. The number of methoxy groups -OCH3 is 2. The van der Waals surface area contributed by atoms with Crippen molar-refractivity contribution in [2.24, 2.45) is 4.99 Å². The second-order valence-electron chi connectivity index (χ2n) is 9.63. The number of piperazine rings is 1. The van der Waals surface area contributed by atoms with E-state index in [2.05, 4.69) is 9.89 Å². The number of carbonyl (C=O) groups is 1. The van der Waals surface area contributed by atoms with Gasteiger partial charge in [-0.2, -0.15) is 13.2 Å². The lowest BCUT2D eigenvalue weighted by molar-refractivity contribution is -0.138. The van der Waals surface area contributed by atoms with Gasteiger partial charge in [0.1, 0.15) is 23.0 Å². The molecular weight excluding hydrogens is 544 g/mol. The van der Waals surface area contributed by atoms with Gasteiger partial charge < -0.3 is 29.3 Å². The van der Waals surface area contributed by atoms with Crippen molar-refractivity contribution in [3.63, 3.8) is 0 Å². The Kier molecular flexibility index (Phi) is 7.65. The van der Waals surface area contributed by atoms with E-state index in [0.29, 0.717) is 37.5 Å². The maximum atomic E-state index is 15.1. The molecule has 5 rings (SSSR count). The van der Waals surface area contributed by atoms with Crippen molar-refractivity contribution >= 4 is 29.0 Å². The molecule has 3 aromatic carbocycles. The van der Waals surface area contributed by atoms with E-state index in [-0.39, 0.29) is 23.1 Å². The normalized spacial score (nSPS) is 17.2. The van der Waals surface area contributed by atoms with Crippen LogP contribution in [0.2, 0.25) is 0 Å². The predicted octanol–water partition coefficient (Wildman–Crippen LogP) is 5.71. The number of carboxylic acids is 1. The number of aliphatic carboxylic acids is 1. The van der Waals surface area contributed by atoms with E-state index in [1.54, 1.807) is 18.1 Å². The molecule has 8 nitrogen and oxygen atoms in total. The number of para-hydroxylation sites is 1. The maximum absolute atomic E-state index is 15.1. The second-order valence-corrected chi connectivity index (χ2v) is 9.63. The lowest BCUT2D eigenvalue weighted by Gasteiger charge is -2.45. The number of fused-ring (bicyclic) bond motifs is 1. The first-order valence-corrected chi connectivity index (χ1v) is 12.9. The van der Waals surface area contributed by atoms with Gasteiger partial charge in [0.05, 0.1) is 37.9 Å². The molecule has 0 bridgehead atoms. The number of ether oxygens (including phenoxy) is 2. The first-order chi connectivity index (χ1) is 19.6. The number of anilines is 2. The van der Waals surface area contributed by atoms with E-state index >= 15 is 4.39 Å². The number of hydrogen-bond acceptors (Lipinski definition) is 7. The maximum Gasteiger partial charge on any atom is 0.416 e. The average Bonchev–Trinajstić information content (AvgIpc) is 2.96. The molecule has 41 heavy (non-hydrogen) atoms. The standard InChI is InChI=1S/C29H28F4N4O4/c1-40-20-6-3-5-19(16-20)35-11-13-36(14-12-35)28-34-27-21(7-4-8-22(27)30)24(17-26(38)39)37(28)23-10-9-18(29(31,32)33)15-25(23)41-2/h3-10,15-16,24H,11-14,17H2,1-2H3,(H,38,39). The van der Waals surface area contributed by atoms with Crippen molar-refractivity contribution in [1.29, 1.82) is 0 Å². The minimum atomic E-state index is -4.61. The lowest BCUT2D eigenvalue weighted by atomic mass is 9.96. The molecule has 0 saturated carbocycles. The smallest absolute Gasteiger partial charge is 0.416 e. The van der Waals surface area contributed by atoms with Gasteiger partial charge in [-0.1, -0.05) is 18.2 Å². The summed E-state index contributed by atoms with van der Waals surface area (Å²) in [6.07, 6.45) is -5.07. The van der Waals surface area contributed by atoms with Gasteiger partial charge in [-0.25, -0.2) is 9.38 Å². The third kappa shape index (κ3) is 5.59. The third-order valence-corrected chi connectivity index (χ3v) is 7.23. The average molecular weight is 573 g/mol. The van der Waals surface area contributed by atoms with Crippen LogP contribution < -0.4 is 19.3 Å². The van der Waals surface area contributed by atoms with Crippen LogP contribution in [0.4, 0.5) is 34.6 Å². The van der Waals surface area contributed by atoms with Crippen LogP contribution in [0.15, 0.2) is 65.7 Å². The molecule has 12 heteroatoms. The molecule has 1 N–H and O–H groups in total. The minimum Gasteiger partial charge on any atom is -0.497 e. The Hall–Kier alpha value is -4.48. The van der Waals surface area contributed by atoms with Crippen LogP contribution in [0.1, 0.15) is 23.6 Å². The monoisotopic (exact) mass is 572 g/mol. The fraction of sp³-hybridized carbons (Fsp3) is 0.310. The quantitative estimate of drug-likeness (QED) is 0.380. The van der Waals surface area contributed by atoms with Gasteiger partial charge >= 0.3 is 12.1 Å². The number of carboxylic acid groups (broad SMARTS) is 1. The van der Waals surface area contributed by atoms with Gasteiger partial charge in [0.25, 0.3) is 0 Å². The molecule has 0 aromatic heterocycles. The highest BCUT2D eigenvalue weighted by Crippen LogP contribution is 2.46. The number of rotatable bonds is 6. The molecule has 0 spiro atoms. The van der Waals surface area contributed by atoms with Crippen molar-refractivity contribution in [2.75, 3.05) is 50.2 Å². The van der Waals surface area contributed by atoms with Gasteiger partial charge in [0.15, 0.2) is 0 Å². The van der Waals surface area contributed by atoms with Gasteiger partial charge in [-0.15, -0.1) is 0 Å². The Balaban J connectivity index is 1.58. The molecule has 1 atom stereocenters. The highest BCUT2D eigenvalue weighted by atomic mass is 19.4. The summed E-state index contributed by atoms with van der Waals surface area (Å²) in [5.41, 5.74) is 0.549. The molecule has 2 aliphatic rings. The van der Waals surface area contributed by atoms with Crippen molar-refractivity contribution in [3.8, 4) is 11.5 Å². The van der Waals surface area contributed by atoms with Crippen molar-refractivity contribution in [2.45, 2.75) is 18.6 Å². The van der Waals surface area contributed by atoms with Crippen LogP contribution in [-0.4, -0.2) is 62.3 Å². The van der Waals surface area contributed by atoms with Gasteiger partial charge in [0.2, 0.25) is 5.96 Å². The van der Waals surface area contributed by atoms with Crippen LogP contribution in [-0.2, 0) is 11.0 Å². The predicted molar refractivity (Wildman–Crippen MR) is 146 cm³/mol. The summed E-state index contributed by atoms with van der Waals surface area (Å²) < 4.78 is 66.4. The highest BCUT2D eigenvalue weighted by Gasteiger charge is 2.39. The first-order valence-electron chi connectivity index (χ1n) is 12.9. The zero-order chi connectivity index (χ0) is 29.3. The van der Waals surface area contributed by atoms with Gasteiger partial charge in [0, 0.05) is 43.5 Å². The number of halogens is 4. The Morgan fingerprint density at radius 2 is 1.68 bits per heavy atom. The molecule has 1 unspecified atom stereocenters. The molecule has 0 radical (unpaired) electrons. The van der Waals surface area contributed by atoms with Crippen LogP contribution >= 0.6 is 0 Å². The zero-order valence-electron chi connectivity index (χ0n) is 22.4. The Labute approximate surface area is 234 Å².